The van der Waals surface area contributed by atoms with E-state index in [-0.39, 0.29) is 5.78 Å². The monoisotopic (exact) mass is 262 g/mol. The lowest BCUT2D eigenvalue weighted by Gasteiger charge is -2.03. The van der Waals surface area contributed by atoms with Crippen molar-refractivity contribution in [3.63, 3.8) is 0 Å². The molecule has 0 unspecified atom stereocenters. The molecule has 1 heterocycles. The first-order valence-electron chi connectivity index (χ1n) is 6.49. The van der Waals surface area contributed by atoms with Crippen LogP contribution in [0.5, 0.6) is 0 Å². The van der Waals surface area contributed by atoms with Gasteiger partial charge in [-0.25, -0.2) is 0 Å². The van der Waals surface area contributed by atoms with Crippen LogP contribution in [0, 0.1) is 6.92 Å². The number of rotatable bonds is 3. The number of furan rings is 1. The van der Waals surface area contributed by atoms with Gasteiger partial charge in [0.05, 0.1) is 5.56 Å². The third-order valence-electron chi connectivity index (χ3n) is 3.25. The predicted molar refractivity (Wildman–Crippen MR) is 78.8 cm³/mol. The van der Waals surface area contributed by atoms with E-state index in [2.05, 4.69) is 12.1 Å². The molecule has 3 rings (SSSR count). The van der Waals surface area contributed by atoms with Crippen molar-refractivity contribution in [1.82, 2.24) is 0 Å². The second-order valence-electron chi connectivity index (χ2n) is 4.72. The number of ketones is 1. The van der Waals surface area contributed by atoms with Crippen LogP contribution in [0.15, 0.2) is 71.3 Å². The molecule has 98 valence electrons. The predicted octanol–water partition coefficient (Wildman–Crippen LogP) is 4.49. The lowest BCUT2D eigenvalue weighted by atomic mass is 10.0. The van der Waals surface area contributed by atoms with Crippen LogP contribution in [0.1, 0.15) is 21.7 Å². The minimum Gasteiger partial charge on any atom is -0.469 e. The summed E-state index contributed by atoms with van der Waals surface area (Å²) < 4.78 is 5.18. The van der Waals surface area contributed by atoms with Crippen LogP contribution in [-0.2, 0) is 0 Å². The summed E-state index contributed by atoms with van der Waals surface area (Å²) in [5.41, 5.74) is 3.51. The maximum atomic E-state index is 12.2. The largest absolute Gasteiger partial charge is 0.469 e. The third kappa shape index (κ3) is 2.41. The fourth-order valence-electron chi connectivity index (χ4n) is 2.17. The summed E-state index contributed by atoms with van der Waals surface area (Å²) in [7, 11) is 0. The molecule has 2 heteroatoms. The second kappa shape index (κ2) is 5.17. The van der Waals surface area contributed by atoms with Gasteiger partial charge in [-0.2, -0.15) is 0 Å². The minimum absolute atomic E-state index is 0.0125. The van der Waals surface area contributed by atoms with Crippen LogP contribution < -0.4 is 0 Å². The van der Waals surface area contributed by atoms with Gasteiger partial charge in [-0.1, -0.05) is 54.6 Å². The smallest absolute Gasteiger partial charge is 0.196 e. The summed E-state index contributed by atoms with van der Waals surface area (Å²) in [5, 5.41) is 0. The third-order valence-corrected chi connectivity index (χ3v) is 3.25. The number of hydrogen-bond donors (Lipinski definition) is 0. The van der Waals surface area contributed by atoms with Crippen LogP contribution >= 0.6 is 0 Å². The fourth-order valence-corrected chi connectivity index (χ4v) is 2.17. The van der Waals surface area contributed by atoms with Crippen LogP contribution in [-0.4, -0.2) is 5.78 Å². The van der Waals surface area contributed by atoms with E-state index in [1.54, 1.807) is 6.07 Å². The van der Waals surface area contributed by atoms with Crippen molar-refractivity contribution in [1.29, 1.82) is 0 Å². The van der Waals surface area contributed by atoms with Gasteiger partial charge in [0, 0.05) is 5.56 Å². The lowest BCUT2D eigenvalue weighted by molar-refractivity contribution is 0.103. The maximum absolute atomic E-state index is 12.2. The molecule has 2 aromatic carbocycles. The first kappa shape index (κ1) is 12.4. The summed E-state index contributed by atoms with van der Waals surface area (Å²) in [6.07, 6.45) is 1.50. The molecule has 0 saturated carbocycles. The Balaban J connectivity index is 1.88. The van der Waals surface area contributed by atoms with Gasteiger partial charge in [0.2, 0.25) is 0 Å². The minimum atomic E-state index is -0.0125. The van der Waals surface area contributed by atoms with Crippen molar-refractivity contribution in [2.24, 2.45) is 0 Å². The van der Waals surface area contributed by atoms with E-state index >= 15 is 0 Å². The standard InChI is InChI=1S/C18H14O2/c1-13-11-17(12-20-13)18(19)16-9-7-15(8-10-16)14-5-3-2-4-6-14/h2-12H,1H3. The van der Waals surface area contributed by atoms with Gasteiger partial charge in [0.1, 0.15) is 12.0 Å². The SMILES string of the molecule is Cc1cc(C(=O)c2ccc(-c3ccccc3)cc2)co1. The van der Waals surface area contributed by atoms with Gasteiger partial charge >= 0.3 is 0 Å². The van der Waals surface area contributed by atoms with E-state index < -0.39 is 0 Å². The molecule has 2 nitrogen and oxygen atoms in total. The Labute approximate surface area is 117 Å². The molecule has 0 aliphatic heterocycles. The molecule has 20 heavy (non-hydrogen) atoms. The molecule has 0 spiro atoms. The van der Waals surface area contributed by atoms with E-state index in [1.807, 2.05) is 49.4 Å². The van der Waals surface area contributed by atoms with Crippen LogP contribution in [0.4, 0.5) is 0 Å². The summed E-state index contributed by atoms with van der Waals surface area (Å²) in [6.45, 7) is 1.83. The Morgan fingerprint density at radius 3 is 2.10 bits per heavy atom. The Hall–Kier alpha value is -2.61. The molecule has 0 bridgehead atoms. The normalized spacial score (nSPS) is 10.4. The summed E-state index contributed by atoms with van der Waals surface area (Å²) in [6, 6.07) is 19.5. The fraction of sp³-hybridized carbons (Fsp3) is 0.0556. The van der Waals surface area contributed by atoms with Crippen molar-refractivity contribution < 1.29 is 9.21 Å². The zero-order chi connectivity index (χ0) is 13.9. The van der Waals surface area contributed by atoms with Gasteiger partial charge < -0.3 is 4.42 Å². The Bertz CT molecular complexity index is 722. The Kier molecular flexibility index (Phi) is 3.21. The van der Waals surface area contributed by atoms with Crippen molar-refractivity contribution in [3.8, 4) is 11.1 Å². The van der Waals surface area contributed by atoms with Gasteiger partial charge in [0.15, 0.2) is 5.78 Å². The maximum Gasteiger partial charge on any atom is 0.196 e. The molecular formula is C18H14O2. The highest BCUT2D eigenvalue weighted by Gasteiger charge is 2.11. The number of hydrogen-bond acceptors (Lipinski definition) is 2. The second-order valence-corrected chi connectivity index (χ2v) is 4.72. The van der Waals surface area contributed by atoms with E-state index in [9.17, 15) is 4.79 Å². The Morgan fingerprint density at radius 2 is 1.50 bits per heavy atom. The zero-order valence-electron chi connectivity index (χ0n) is 11.2. The van der Waals surface area contributed by atoms with Gasteiger partial charge in [-0.05, 0) is 24.1 Å². The van der Waals surface area contributed by atoms with Crippen LogP contribution in [0.3, 0.4) is 0 Å². The molecule has 0 atom stereocenters. The van der Waals surface area contributed by atoms with Gasteiger partial charge in [-0.3, -0.25) is 4.79 Å². The number of benzene rings is 2. The van der Waals surface area contributed by atoms with Crippen LogP contribution in [0.25, 0.3) is 11.1 Å². The quantitative estimate of drug-likeness (QED) is 0.651. The first-order valence-corrected chi connectivity index (χ1v) is 6.49. The topological polar surface area (TPSA) is 30.2 Å². The number of carbonyl (C=O) groups is 1. The molecular weight excluding hydrogens is 248 g/mol. The molecule has 0 N–H and O–H groups in total. The number of aryl methyl sites for hydroxylation is 1. The number of carbonyl (C=O) groups excluding carboxylic acids is 1. The molecule has 0 fully saturated rings. The molecule has 0 aliphatic carbocycles. The molecule has 1 aromatic heterocycles. The average molecular weight is 262 g/mol. The molecule has 3 aromatic rings. The van der Waals surface area contributed by atoms with Gasteiger partial charge in [0.25, 0.3) is 0 Å². The molecule has 0 aliphatic rings. The van der Waals surface area contributed by atoms with Crippen molar-refractivity contribution in [3.05, 3.63) is 83.8 Å². The van der Waals surface area contributed by atoms with E-state index in [0.717, 1.165) is 16.9 Å². The molecule has 0 amide bonds. The summed E-state index contributed by atoms with van der Waals surface area (Å²) >= 11 is 0. The van der Waals surface area contributed by atoms with Gasteiger partial charge in [-0.15, -0.1) is 0 Å². The van der Waals surface area contributed by atoms with E-state index in [0.29, 0.717) is 11.1 Å². The van der Waals surface area contributed by atoms with Crippen molar-refractivity contribution >= 4 is 5.78 Å². The summed E-state index contributed by atoms with van der Waals surface area (Å²) in [4.78, 5) is 12.2. The van der Waals surface area contributed by atoms with Crippen molar-refractivity contribution in [2.45, 2.75) is 6.92 Å². The van der Waals surface area contributed by atoms with Crippen molar-refractivity contribution in [2.75, 3.05) is 0 Å². The highest BCUT2D eigenvalue weighted by Crippen LogP contribution is 2.20. The average Bonchev–Trinajstić information content (AvgIpc) is 2.94. The lowest BCUT2D eigenvalue weighted by Crippen LogP contribution is -1.99. The zero-order valence-corrected chi connectivity index (χ0v) is 11.2. The molecule has 0 saturated heterocycles. The Morgan fingerprint density at radius 1 is 0.850 bits per heavy atom. The molecule has 0 radical (unpaired) electrons. The van der Waals surface area contributed by atoms with E-state index in [4.69, 9.17) is 4.42 Å². The first-order chi connectivity index (χ1) is 9.74. The summed E-state index contributed by atoms with van der Waals surface area (Å²) in [5.74, 6) is 0.732. The van der Waals surface area contributed by atoms with Crippen LogP contribution in [0.2, 0.25) is 0 Å². The highest BCUT2D eigenvalue weighted by molar-refractivity contribution is 6.09. The van der Waals surface area contributed by atoms with E-state index in [1.165, 1.54) is 6.26 Å². The highest BCUT2D eigenvalue weighted by atomic mass is 16.3.